The van der Waals surface area contributed by atoms with Crippen LogP contribution in [-0.2, 0) is 11.2 Å². The van der Waals surface area contributed by atoms with Crippen LogP contribution in [0.4, 0.5) is 21.9 Å². The lowest BCUT2D eigenvalue weighted by molar-refractivity contribution is 0.0374. The number of nitrogens with one attached hydrogen (secondary N) is 3. The molecule has 0 atom stereocenters. The second-order valence-corrected chi connectivity index (χ2v) is 11.2. The van der Waals surface area contributed by atoms with Crippen molar-refractivity contribution in [2.45, 2.75) is 25.7 Å². The van der Waals surface area contributed by atoms with Gasteiger partial charge in [-0.1, -0.05) is 30.3 Å². The first-order valence-corrected chi connectivity index (χ1v) is 15.2. The van der Waals surface area contributed by atoms with Gasteiger partial charge in [0.05, 0.1) is 30.4 Å². The summed E-state index contributed by atoms with van der Waals surface area (Å²) in [4.78, 5) is 30.9. The summed E-state index contributed by atoms with van der Waals surface area (Å²) in [5.74, 6) is 0.475. The quantitative estimate of drug-likeness (QED) is 0.288. The summed E-state index contributed by atoms with van der Waals surface area (Å²) in [6, 6.07) is 24.5. The van der Waals surface area contributed by atoms with E-state index in [4.69, 9.17) is 10.00 Å². The van der Waals surface area contributed by atoms with Gasteiger partial charge in [-0.05, 0) is 86.2 Å². The van der Waals surface area contributed by atoms with Gasteiger partial charge in [0.1, 0.15) is 0 Å². The molecule has 5 rings (SSSR count). The van der Waals surface area contributed by atoms with E-state index in [9.17, 15) is 9.59 Å². The van der Waals surface area contributed by atoms with Crippen LogP contribution in [0.5, 0.6) is 0 Å². The highest BCUT2D eigenvalue weighted by molar-refractivity contribution is 6.04. The average molecular weight is 581 g/mol. The van der Waals surface area contributed by atoms with Crippen LogP contribution >= 0.6 is 0 Å². The average Bonchev–Trinajstić information content (AvgIpc) is 3.05. The molecule has 0 saturated carbocycles. The molecule has 0 bridgehead atoms. The minimum atomic E-state index is -0.420. The van der Waals surface area contributed by atoms with Gasteiger partial charge in [-0.25, -0.2) is 4.79 Å². The highest BCUT2D eigenvalue weighted by Gasteiger charge is 2.24. The molecule has 2 saturated heterocycles. The Kier molecular flexibility index (Phi) is 10.6. The number of rotatable bonds is 10. The summed E-state index contributed by atoms with van der Waals surface area (Å²) in [5.41, 5.74) is 4.45. The van der Waals surface area contributed by atoms with Crippen molar-refractivity contribution in [2.75, 3.05) is 68.0 Å². The first-order valence-electron chi connectivity index (χ1n) is 15.2. The largest absolute Gasteiger partial charge is 0.379 e. The molecule has 0 aromatic heterocycles. The summed E-state index contributed by atoms with van der Waals surface area (Å²) < 4.78 is 5.43. The third-order valence-electron chi connectivity index (χ3n) is 8.13. The molecule has 0 unspecified atom stereocenters. The molecule has 0 aliphatic carbocycles. The minimum Gasteiger partial charge on any atom is -0.379 e. The molecule has 3 aromatic carbocycles. The van der Waals surface area contributed by atoms with Crippen molar-refractivity contribution < 1.29 is 14.3 Å². The molecular weight excluding hydrogens is 540 g/mol. The Hall–Kier alpha value is -4.39. The molecule has 2 heterocycles. The molecular formula is C34H40N6O3. The van der Waals surface area contributed by atoms with Crippen molar-refractivity contribution in [1.82, 2.24) is 10.2 Å². The summed E-state index contributed by atoms with van der Waals surface area (Å²) in [7, 11) is 0. The number of urea groups is 1. The number of nitriles is 1. The SMILES string of the molecule is N#Cc1ccc(NC(=O)Nc2ccc(N3CCC(Cc4ccccc4)CC3)c(C(=O)NCCCN3CCOCC3)c2)cc1. The number of morpholine rings is 1. The monoisotopic (exact) mass is 580 g/mol. The number of benzene rings is 3. The molecule has 43 heavy (non-hydrogen) atoms. The Balaban J connectivity index is 1.23. The fraction of sp³-hybridized carbons (Fsp3) is 0.382. The van der Waals surface area contributed by atoms with Gasteiger partial charge in [0.25, 0.3) is 5.91 Å². The van der Waals surface area contributed by atoms with Gasteiger partial charge in [-0.3, -0.25) is 9.69 Å². The summed E-state index contributed by atoms with van der Waals surface area (Å²) in [6.45, 7) is 6.62. The molecule has 9 nitrogen and oxygen atoms in total. The van der Waals surface area contributed by atoms with Crippen molar-refractivity contribution in [1.29, 1.82) is 5.26 Å². The second kappa shape index (κ2) is 15.2. The van der Waals surface area contributed by atoms with Crippen molar-refractivity contribution in [3.8, 4) is 6.07 Å². The standard InChI is InChI=1S/C34H40N6O3/c35-25-28-7-9-29(10-8-28)37-34(42)38-30-11-12-32(40-17-13-27(14-18-40)23-26-5-2-1-3-6-26)31(24-30)33(41)36-15-4-16-39-19-21-43-22-20-39/h1-3,5-12,24,27H,4,13-23H2,(H,36,41)(H2,37,38,42). The Labute approximate surface area is 253 Å². The predicted molar refractivity (Wildman–Crippen MR) is 170 cm³/mol. The Morgan fingerprint density at radius 1 is 0.884 bits per heavy atom. The Morgan fingerprint density at radius 2 is 1.58 bits per heavy atom. The number of piperidine rings is 1. The van der Waals surface area contributed by atoms with Crippen LogP contribution in [0.25, 0.3) is 0 Å². The lowest BCUT2D eigenvalue weighted by Gasteiger charge is -2.35. The zero-order chi connectivity index (χ0) is 29.9. The molecule has 3 amide bonds. The van der Waals surface area contributed by atoms with Gasteiger partial charge < -0.3 is 25.6 Å². The van der Waals surface area contributed by atoms with Crippen molar-refractivity contribution in [3.63, 3.8) is 0 Å². The van der Waals surface area contributed by atoms with Gasteiger partial charge in [0.15, 0.2) is 0 Å². The normalized spacial score (nSPS) is 15.8. The number of nitrogens with zero attached hydrogens (tertiary/aromatic N) is 3. The maximum absolute atomic E-state index is 13.5. The maximum Gasteiger partial charge on any atom is 0.323 e. The van der Waals surface area contributed by atoms with Crippen LogP contribution in [-0.4, -0.2) is 69.3 Å². The minimum absolute atomic E-state index is 0.139. The Morgan fingerprint density at radius 3 is 2.30 bits per heavy atom. The van der Waals surface area contributed by atoms with Crippen LogP contribution in [0.2, 0.25) is 0 Å². The van der Waals surface area contributed by atoms with Crippen LogP contribution in [0.3, 0.4) is 0 Å². The fourth-order valence-corrected chi connectivity index (χ4v) is 5.74. The lowest BCUT2D eigenvalue weighted by Crippen LogP contribution is -2.38. The van der Waals surface area contributed by atoms with Crippen molar-refractivity contribution in [2.24, 2.45) is 5.92 Å². The summed E-state index contributed by atoms with van der Waals surface area (Å²) >= 11 is 0. The van der Waals surface area contributed by atoms with Crippen LogP contribution in [0.15, 0.2) is 72.8 Å². The molecule has 3 aromatic rings. The van der Waals surface area contributed by atoms with Crippen LogP contribution in [0.1, 0.15) is 40.7 Å². The zero-order valence-electron chi connectivity index (χ0n) is 24.6. The number of hydrogen-bond acceptors (Lipinski definition) is 6. The molecule has 2 fully saturated rings. The number of anilines is 3. The molecule has 9 heteroatoms. The third-order valence-corrected chi connectivity index (χ3v) is 8.13. The van der Waals surface area contributed by atoms with E-state index in [1.165, 1.54) is 5.56 Å². The number of hydrogen-bond donors (Lipinski definition) is 3. The molecule has 2 aliphatic heterocycles. The third kappa shape index (κ3) is 8.80. The highest BCUT2D eigenvalue weighted by Crippen LogP contribution is 2.30. The van der Waals surface area contributed by atoms with E-state index < -0.39 is 6.03 Å². The smallest absolute Gasteiger partial charge is 0.323 e. The van der Waals surface area contributed by atoms with Gasteiger partial charge in [0.2, 0.25) is 0 Å². The Bertz CT molecular complexity index is 1390. The number of ether oxygens (including phenoxy) is 1. The van der Waals surface area contributed by atoms with Crippen LogP contribution in [0, 0.1) is 17.2 Å². The van der Waals surface area contributed by atoms with Gasteiger partial charge in [-0.15, -0.1) is 0 Å². The highest BCUT2D eigenvalue weighted by atomic mass is 16.5. The van der Waals surface area contributed by atoms with Crippen molar-refractivity contribution in [3.05, 3.63) is 89.5 Å². The van der Waals surface area contributed by atoms with E-state index >= 15 is 0 Å². The van der Waals surface area contributed by atoms with Crippen LogP contribution < -0.4 is 20.9 Å². The molecule has 0 radical (unpaired) electrons. The number of carbonyl (C=O) groups is 2. The molecule has 3 N–H and O–H groups in total. The predicted octanol–water partition coefficient (Wildman–Crippen LogP) is 5.11. The molecule has 0 spiro atoms. The summed E-state index contributed by atoms with van der Waals surface area (Å²) in [6.07, 6.45) is 4.05. The second-order valence-electron chi connectivity index (χ2n) is 11.2. The lowest BCUT2D eigenvalue weighted by atomic mass is 9.89. The van der Waals surface area contributed by atoms with E-state index in [0.717, 1.165) is 77.3 Å². The first kappa shape index (κ1) is 30.1. The van der Waals surface area contributed by atoms with Gasteiger partial charge >= 0.3 is 6.03 Å². The first-order chi connectivity index (χ1) is 21.1. The van der Waals surface area contributed by atoms with E-state index in [0.29, 0.717) is 35.0 Å². The van der Waals surface area contributed by atoms with E-state index in [2.05, 4.69) is 62.2 Å². The van der Waals surface area contributed by atoms with E-state index in [1.54, 1.807) is 30.3 Å². The molecule has 224 valence electrons. The number of carbonyl (C=O) groups excluding carboxylic acids is 2. The zero-order valence-corrected chi connectivity index (χ0v) is 24.6. The van der Waals surface area contributed by atoms with E-state index in [-0.39, 0.29) is 5.91 Å². The summed E-state index contributed by atoms with van der Waals surface area (Å²) in [5, 5.41) is 17.8. The number of amides is 3. The van der Waals surface area contributed by atoms with Gasteiger partial charge in [0, 0.05) is 49.8 Å². The fourth-order valence-electron chi connectivity index (χ4n) is 5.74. The van der Waals surface area contributed by atoms with Crippen molar-refractivity contribution >= 4 is 29.0 Å². The van der Waals surface area contributed by atoms with E-state index in [1.807, 2.05) is 12.1 Å². The topological polar surface area (TPSA) is 110 Å². The van der Waals surface area contributed by atoms with Gasteiger partial charge in [-0.2, -0.15) is 5.26 Å². The molecule has 2 aliphatic rings. The maximum atomic E-state index is 13.5.